The molecule has 3 aromatic rings. The third-order valence-electron chi connectivity index (χ3n) is 5.11. The van der Waals surface area contributed by atoms with Crippen LogP contribution < -0.4 is 5.32 Å². The van der Waals surface area contributed by atoms with Crippen LogP contribution in [0.3, 0.4) is 0 Å². The Balaban J connectivity index is 1.60. The zero-order chi connectivity index (χ0) is 18.8. The highest BCUT2D eigenvalue weighted by molar-refractivity contribution is 5.71. The van der Waals surface area contributed by atoms with E-state index in [0.29, 0.717) is 0 Å². The lowest BCUT2D eigenvalue weighted by atomic mass is 10.1. The third-order valence-corrected chi connectivity index (χ3v) is 5.11. The molecule has 1 aromatic carbocycles. The molecule has 1 aliphatic rings. The second-order valence-electron chi connectivity index (χ2n) is 7.24. The number of nitrogens with zero attached hydrogens (tertiary/aromatic N) is 4. The predicted molar refractivity (Wildman–Crippen MR) is 108 cm³/mol. The molecule has 6 heteroatoms. The van der Waals surface area contributed by atoms with Gasteiger partial charge >= 0.3 is 0 Å². The first-order valence-corrected chi connectivity index (χ1v) is 9.60. The molecule has 1 N–H and O–H groups in total. The lowest BCUT2D eigenvalue weighted by Crippen LogP contribution is -2.39. The molecule has 0 spiro atoms. The van der Waals surface area contributed by atoms with Gasteiger partial charge in [0, 0.05) is 49.1 Å². The van der Waals surface area contributed by atoms with Crippen molar-refractivity contribution in [3.8, 4) is 11.3 Å². The fraction of sp³-hybridized carbons (Fsp3) is 0.429. The molecule has 1 saturated heterocycles. The van der Waals surface area contributed by atoms with Crippen molar-refractivity contribution in [1.82, 2.24) is 19.5 Å². The first-order valence-electron chi connectivity index (χ1n) is 9.60. The van der Waals surface area contributed by atoms with E-state index in [1.165, 1.54) is 5.56 Å². The van der Waals surface area contributed by atoms with Gasteiger partial charge in [0.05, 0.1) is 18.9 Å². The van der Waals surface area contributed by atoms with Gasteiger partial charge in [-0.15, -0.1) is 0 Å². The quantitative estimate of drug-likeness (QED) is 0.753. The number of rotatable bonds is 5. The van der Waals surface area contributed by atoms with Crippen molar-refractivity contribution < 1.29 is 4.74 Å². The Hall–Kier alpha value is -2.44. The first kappa shape index (κ1) is 17.9. The molecule has 0 radical (unpaired) electrons. The summed E-state index contributed by atoms with van der Waals surface area (Å²) in [5.74, 6) is 0.993. The van der Waals surface area contributed by atoms with Crippen molar-refractivity contribution in [2.45, 2.75) is 20.8 Å². The number of anilines is 1. The molecule has 0 unspecified atom stereocenters. The topological polar surface area (TPSA) is 54.7 Å². The van der Waals surface area contributed by atoms with Crippen LogP contribution >= 0.6 is 0 Å². The van der Waals surface area contributed by atoms with Gasteiger partial charge in [-0.1, -0.05) is 29.8 Å². The van der Waals surface area contributed by atoms with E-state index in [4.69, 9.17) is 14.8 Å². The van der Waals surface area contributed by atoms with Crippen molar-refractivity contribution in [3.63, 3.8) is 0 Å². The number of nitrogens with one attached hydrogen (secondary N) is 1. The fourth-order valence-electron chi connectivity index (χ4n) is 3.52. The molecule has 142 valence electrons. The fourth-order valence-corrected chi connectivity index (χ4v) is 3.52. The average molecular weight is 365 g/mol. The maximum atomic E-state index is 5.42. The van der Waals surface area contributed by atoms with Gasteiger partial charge in [-0.3, -0.25) is 4.90 Å². The Labute approximate surface area is 160 Å². The van der Waals surface area contributed by atoms with Gasteiger partial charge in [0.25, 0.3) is 0 Å². The van der Waals surface area contributed by atoms with E-state index in [-0.39, 0.29) is 0 Å². The van der Waals surface area contributed by atoms with E-state index < -0.39 is 0 Å². The minimum atomic E-state index is 0.830. The van der Waals surface area contributed by atoms with E-state index in [1.54, 1.807) is 0 Å². The second-order valence-corrected chi connectivity index (χ2v) is 7.24. The summed E-state index contributed by atoms with van der Waals surface area (Å²) in [6, 6.07) is 10.6. The summed E-state index contributed by atoms with van der Waals surface area (Å²) < 4.78 is 7.36. The molecule has 0 bridgehead atoms. The van der Waals surface area contributed by atoms with Gasteiger partial charge in [0.2, 0.25) is 0 Å². The van der Waals surface area contributed by atoms with Gasteiger partial charge in [0.15, 0.2) is 5.65 Å². The van der Waals surface area contributed by atoms with Gasteiger partial charge < -0.3 is 10.1 Å². The zero-order valence-electron chi connectivity index (χ0n) is 16.3. The molecular weight excluding hydrogens is 338 g/mol. The van der Waals surface area contributed by atoms with E-state index >= 15 is 0 Å². The largest absolute Gasteiger partial charge is 0.379 e. The van der Waals surface area contributed by atoms with Crippen molar-refractivity contribution in [2.75, 3.05) is 44.7 Å². The van der Waals surface area contributed by atoms with E-state index in [0.717, 1.165) is 73.4 Å². The number of hydrogen-bond acceptors (Lipinski definition) is 5. The average Bonchev–Trinajstić information content (AvgIpc) is 3.00. The Morgan fingerprint density at radius 1 is 1.07 bits per heavy atom. The van der Waals surface area contributed by atoms with Crippen LogP contribution in [0.1, 0.15) is 16.8 Å². The molecule has 2 aromatic heterocycles. The standard InChI is InChI=1S/C21H27N5O/c1-15-4-6-18(7-5-15)20-17(3)21-23-16(2)14-19(26(21)24-20)22-8-9-25-10-12-27-13-11-25/h4-7,14,22H,8-13H2,1-3H3. The van der Waals surface area contributed by atoms with E-state index in [1.807, 2.05) is 11.4 Å². The van der Waals surface area contributed by atoms with Crippen molar-refractivity contribution >= 4 is 11.5 Å². The minimum absolute atomic E-state index is 0.830. The Morgan fingerprint density at radius 2 is 1.81 bits per heavy atom. The Morgan fingerprint density at radius 3 is 2.56 bits per heavy atom. The molecule has 0 saturated carbocycles. The number of benzene rings is 1. The summed E-state index contributed by atoms with van der Waals surface area (Å²) in [4.78, 5) is 7.16. The number of ether oxygens (including phenoxy) is 1. The van der Waals surface area contributed by atoms with Crippen LogP contribution in [-0.4, -0.2) is 58.9 Å². The number of aromatic nitrogens is 3. The molecule has 1 aliphatic heterocycles. The lowest BCUT2D eigenvalue weighted by Gasteiger charge is -2.26. The Bertz CT molecular complexity index is 926. The molecule has 3 heterocycles. The number of aryl methyl sites for hydroxylation is 3. The minimum Gasteiger partial charge on any atom is -0.379 e. The summed E-state index contributed by atoms with van der Waals surface area (Å²) >= 11 is 0. The molecule has 0 atom stereocenters. The monoisotopic (exact) mass is 365 g/mol. The highest BCUT2D eigenvalue weighted by Gasteiger charge is 2.15. The highest BCUT2D eigenvalue weighted by Crippen LogP contribution is 2.27. The van der Waals surface area contributed by atoms with E-state index in [2.05, 4.69) is 54.4 Å². The molecule has 4 rings (SSSR count). The molecule has 27 heavy (non-hydrogen) atoms. The summed E-state index contributed by atoms with van der Waals surface area (Å²) in [6.07, 6.45) is 0. The maximum Gasteiger partial charge on any atom is 0.161 e. The van der Waals surface area contributed by atoms with Crippen LogP contribution in [0.25, 0.3) is 16.9 Å². The van der Waals surface area contributed by atoms with Crippen molar-refractivity contribution in [2.24, 2.45) is 0 Å². The maximum absolute atomic E-state index is 5.42. The number of fused-ring (bicyclic) bond motifs is 1. The predicted octanol–water partition coefficient (Wildman–Crippen LogP) is 3.07. The number of morpholine rings is 1. The second kappa shape index (κ2) is 7.66. The first-order chi connectivity index (χ1) is 13.1. The SMILES string of the molecule is Cc1ccc(-c2nn3c(NCCN4CCOCC4)cc(C)nc3c2C)cc1. The van der Waals surface area contributed by atoms with Crippen LogP contribution in [0.2, 0.25) is 0 Å². The van der Waals surface area contributed by atoms with Crippen molar-refractivity contribution in [3.05, 3.63) is 47.2 Å². The zero-order valence-corrected chi connectivity index (χ0v) is 16.3. The molecular formula is C21H27N5O. The molecule has 0 amide bonds. The Kier molecular flexibility index (Phi) is 5.09. The summed E-state index contributed by atoms with van der Waals surface area (Å²) in [7, 11) is 0. The van der Waals surface area contributed by atoms with Crippen molar-refractivity contribution in [1.29, 1.82) is 0 Å². The molecule has 0 aliphatic carbocycles. The highest BCUT2D eigenvalue weighted by atomic mass is 16.5. The van der Waals surface area contributed by atoms with E-state index in [9.17, 15) is 0 Å². The van der Waals surface area contributed by atoms with Crippen LogP contribution in [0.4, 0.5) is 5.82 Å². The van der Waals surface area contributed by atoms with Crippen LogP contribution in [0, 0.1) is 20.8 Å². The summed E-state index contributed by atoms with van der Waals surface area (Å²) in [6.45, 7) is 11.8. The summed E-state index contributed by atoms with van der Waals surface area (Å²) in [5, 5.41) is 8.43. The summed E-state index contributed by atoms with van der Waals surface area (Å²) in [5.41, 5.74) is 6.39. The van der Waals surface area contributed by atoms with Gasteiger partial charge in [-0.25, -0.2) is 4.98 Å². The number of hydrogen-bond donors (Lipinski definition) is 1. The van der Waals surface area contributed by atoms with Gasteiger partial charge in [-0.2, -0.15) is 9.61 Å². The molecule has 6 nitrogen and oxygen atoms in total. The molecule has 1 fully saturated rings. The normalized spacial score (nSPS) is 15.4. The smallest absolute Gasteiger partial charge is 0.161 e. The van der Waals surface area contributed by atoms with Gasteiger partial charge in [-0.05, 0) is 20.8 Å². The van der Waals surface area contributed by atoms with Crippen LogP contribution in [0.5, 0.6) is 0 Å². The van der Waals surface area contributed by atoms with Gasteiger partial charge in [0.1, 0.15) is 5.82 Å². The van der Waals surface area contributed by atoms with Crippen LogP contribution in [-0.2, 0) is 4.74 Å². The lowest BCUT2D eigenvalue weighted by molar-refractivity contribution is 0.0398. The third kappa shape index (κ3) is 3.82. The van der Waals surface area contributed by atoms with Crippen LogP contribution in [0.15, 0.2) is 30.3 Å².